The van der Waals surface area contributed by atoms with Crippen LogP contribution in [0.1, 0.15) is 38.2 Å². The summed E-state index contributed by atoms with van der Waals surface area (Å²) in [4.78, 5) is 12.8. The molecule has 0 unspecified atom stereocenters. The summed E-state index contributed by atoms with van der Waals surface area (Å²) in [5.74, 6) is -0.493. The van der Waals surface area contributed by atoms with Gasteiger partial charge in [-0.1, -0.05) is 26.0 Å². The third-order valence-electron chi connectivity index (χ3n) is 4.13. The smallest absolute Gasteiger partial charge is 0.317 e. The Balaban J connectivity index is 1.95. The van der Waals surface area contributed by atoms with Gasteiger partial charge in [0.2, 0.25) is 10.0 Å². The maximum Gasteiger partial charge on any atom is 0.317 e. The molecule has 0 bridgehead atoms. The Bertz CT molecular complexity index is 633. The van der Waals surface area contributed by atoms with Gasteiger partial charge in [-0.2, -0.15) is 0 Å². The lowest BCUT2D eigenvalue weighted by atomic mass is 10.0. The number of rotatable bonds is 6. The van der Waals surface area contributed by atoms with Crippen LogP contribution in [0.25, 0.3) is 0 Å². The Morgan fingerprint density at radius 3 is 2.30 bits per heavy atom. The van der Waals surface area contributed by atoms with Crippen molar-refractivity contribution >= 4 is 16.0 Å². The fraction of sp³-hybridized carbons (Fsp3) is 0.562. The predicted molar refractivity (Wildman–Crippen MR) is 88.0 cm³/mol. The highest BCUT2D eigenvalue weighted by molar-refractivity contribution is 7.89. The first-order chi connectivity index (χ1) is 10.8. The van der Waals surface area contributed by atoms with Gasteiger partial charge in [-0.3, -0.25) is 9.69 Å². The first kappa shape index (κ1) is 17.9. The molecule has 0 atom stereocenters. The lowest BCUT2D eigenvalue weighted by molar-refractivity contribution is -0.138. The normalized spacial score (nSPS) is 17.5. The van der Waals surface area contributed by atoms with Gasteiger partial charge >= 0.3 is 5.97 Å². The minimum Gasteiger partial charge on any atom is -0.480 e. The maximum absolute atomic E-state index is 12.4. The molecule has 0 spiro atoms. The third kappa shape index (κ3) is 5.02. The number of hydrogen-bond acceptors (Lipinski definition) is 4. The summed E-state index contributed by atoms with van der Waals surface area (Å²) >= 11 is 0. The van der Waals surface area contributed by atoms with E-state index >= 15 is 0 Å². The first-order valence-corrected chi connectivity index (χ1v) is 9.32. The SMILES string of the molecule is CC(C)c1ccc(S(=O)(=O)NC2CCN(CC(=O)O)CC2)cc1. The van der Waals surface area contributed by atoms with Crippen LogP contribution in [0.2, 0.25) is 0 Å². The summed E-state index contributed by atoms with van der Waals surface area (Å²) in [5.41, 5.74) is 1.10. The van der Waals surface area contributed by atoms with Gasteiger partial charge < -0.3 is 5.11 Å². The first-order valence-electron chi connectivity index (χ1n) is 7.84. The van der Waals surface area contributed by atoms with Crippen LogP contribution < -0.4 is 4.72 Å². The van der Waals surface area contributed by atoms with E-state index in [1.807, 2.05) is 17.0 Å². The van der Waals surface area contributed by atoms with Crippen molar-refractivity contribution in [1.29, 1.82) is 0 Å². The molecule has 1 aromatic rings. The molecule has 128 valence electrons. The van der Waals surface area contributed by atoms with Crippen LogP contribution in [0, 0.1) is 0 Å². The quantitative estimate of drug-likeness (QED) is 0.822. The molecule has 0 aromatic heterocycles. The van der Waals surface area contributed by atoms with Gasteiger partial charge in [0.25, 0.3) is 0 Å². The van der Waals surface area contributed by atoms with E-state index in [0.717, 1.165) is 5.56 Å². The Hall–Kier alpha value is -1.44. The molecule has 0 aliphatic carbocycles. The van der Waals surface area contributed by atoms with E-state index in [4.69, 9.17) is 5.11 Å². The summed E-state index contributed by atoms with van der Waals surface area (Å²) in [5, 5.41) is 8.77. The lowest BCUT2D eigenvalue weighted by Gasteiger charge is -2.31. The van der Waals surface area contributed by atoms with Gasteiger partial charge in [-0.25, -0.2) is 13.1 Å². The number of sulfonamides is 1. The number of nitrogens with zero attached hydrogens (tertiary/aromatic N) is 1. The molecule has 1 heterocycles. The van der Waals surface area contributed by atoms with Gasteiger partial charge in [0, 0.05) is 19.1 Å². The third-order valence-corrected chi connectivity index (χ3v) is 5.66. The number of carboxylic acid groups (broad SMARTS) is 1. The van der Waals surface area contributed by atoms with Crippen molar-refractivity contribution in [2.45, 2.75) is 43.5 Å². The highest BCUT2D eigenvalue weighted by Gasteiger charge is 2.25. The van der Waals surface area contributed by atoms with E-state index in [0.29, 0.717) is 31.8 Å². The van der Waals surface area contributed by atoms with Gasteiger partial charge in [-0.15, -0.1) is 0 Å². The maximum atomic E-state index is 12.4. The van der Waals surface area contributed by atoms with Crippen LogP contribution >= 0.6 is 0 Å². The van der Waals surface area contributed by atoms with Crippen LogP contribution in [0.15, 0.2) is 29.2 Å². The number of benzene rings is 1. The molecule has 23 heavy (non-hydrogen) atoms. The molecule has 2 rings (SSSR count). The largest absolute Gasteiger partial charge is 0.480 e. The number of piperidine rings is 1. The second-order valence-electron chi connectivity index (χ2n) is 6.29. The summed E-state index contributed by atoms with van der Waals surface area (Å²) in [7, 11) is -3.53. The zero-order valence-corrected chi connectivity index (χ0v) is 14.3. The predicted octanol–water partition coefficient (Wildman–Crippen LogP) is 1.64. The highest BCUT2D eigenvalue weighted by Crippen LogP contribution is 2.19. The topological polar surface area (TPSA) is 86.7 Å². The van der Waals surface area contributed by atoms with Crippen molar-refractivity contribution in [3.8, 4) is 0 Å². The molecular formula is C16H24N2O4S. The van der Waals surface area contributed by atoms with E-state index in [1.165, 1.54) is 0 Å². The average molecular weight is 340 g/mol. The van der Waals surface area contributed by atoms with Crippen LogP contribution in [0.4, 0.5) is 0 Å². The molecule has 0 amide bonds. The number of hydrogen-bond donors (Lipinski definition) is 2. The van der Waals surface area contributed by atoms with Crippen molar-refractivity contribution in [3.05, 3.63) is 29.8 Å². The molecule has 1 fully saturated rings. The molecule has 0 saturated carbocycles. The van der Waals surface area contributed by atoms with Gasteiger partial charge in [0.1, 0.15) is 0 Å². The molecule has 0 radical (unpaired) electrons. The Labute approximate surface area is 137 Å². The number of carboxylic acids is 1. The standard InChI is InChI=1S/C16H24N2O4S/c1-12(2)13-3-5-15(6-4-13)23(21,22)17-14-7-9-18(10-8-14)11-16(19)20/h3-6,12,14,17H,7-11H2,1-2H3,(H,19,20). The summed E-state index contributed by atoms with van der Waals surface area (Å²) < 4.78 is 27.6. The molecule has 1 saturated heterocycles. The summed E-state index contributed by atoms with van der Waals surface area (Å²) in [6.07, 6.45) is 1.24. The summed E-state index contributed by atoms with van der Waals surface area (Å²) in [6, 6.07) is 6.81. The minimum atomic E-state index is -3.53. The van der Waals surface area contributed by atoms with Crippen molar-refractivity contribution in [2.24, 2.45) is 0 Å². The fourth-order valence-electron chi connectivity index (χ4n) is 2.72. The van der Waals surface area contributed by atoms with E-state index in [2.05, 4.69) is 18.6 Å². The lowest BCUT2D eigenvalue weighted by Crippen LogP contribution is -2.45. The molecule has 7 heteroatoms. The molecule has 6 nitrogen and oxygen atoms in total. The van der Waals surface area contributed by atoms with Gasteiger partial charge in [-0.05, 0) is 36.5 Å². The number of carbonyl (C=O) groups is 1. The molecule has 1 aliphatic heterocycles. The zero-order valence-electron chi connectivity index (χ0n) is 13.5. The minimum absolute atomic E-state index is 0.0101. The van der Waals surface area contributed by atoms with E-state index in [-0.39, 0.29) is 17.5 Å². The zero-order chi connectivity index (χ0) is 17.0. The fourth-order valence-corrected chi connectivity index (χ4v) is 4.02. The average Bonchev–Trinajstić information content (AvgIpc) is 2.48. The van der Waals surface area contributed by atoms with Crippen LogP contribution in [-0.2, 0) is 14.8 Å². The monoisotopic (exact) mass is 340 g/mol. The van der Waals surface area contributed by atoms with Crippen molar-refractivity contribution in [1.82, 2.24) is 9.62 Å². The molecule has 1 aromatic carbocycles. The van der Waals surface area contributed by atoms with Crippen LogP contribution in [0.5, 0.6) is 0 Å². The van der Waals surface area contributed by atoms with Crippen molar-refractivity contribution < 1.29 is 18.3 Å². The number of aliphatic carboxylic acids is 1. The van der Waals surface area contributed by atoms with Crippen molar-refractivity contribution in [2.75, 3.05) is 19.6 Å². The van der Waals surface area contributed by atoms with E-state index in [9.17, 15) is 13.2 Å². The van der Waals surface area contributed by atoms with Crippen LogP contribution in [-0.4, -0.2) is 50.1 Å². The van der Waals surface area contributed by atoms with Crippen molar-refractivity contribution in [3.63, 3.8) is 0 Å². The molecule has 2 N–H and O–H groups in total. The van der Waals surface area contributed by atoms with E-state index in [1.54, 1.807) is 12.1 Å². The Kier molecular flexibility index (Phi) is 5.78. The number of nitrogens with one attached hydrogen (secondary N) is 1. The Morgan fingerprint density at radius 2 is 1.83 bits per heavy atom. The highest BCUT2D eigenvalue weighted by atomic mass is 32.2. The number of likely N-dealkylation sites (tertiary alicyclic amines) is 1. The summed E-state index contributed by atoms with van der Waals surface area (Å²) in [6.45, 7) is 5.31. The van der Waals surface area contributed by atoms with Gasteiger partial charge in [0.15, 0.2) is 0 Å². The molecular weight excluding hydrogens is 316 g/mol. The van der Waals surface area contributed by atoms with Crippen LogP contribution in [0.3, 0.4) is 0 Å². The molecule has 1 aliphatic rings. The van der Waals surface area contributed by atoms with Gasteiger partial charge in [0.05, 0.1) is 11.4 Å². The Morgan fingerprint density at radius 1 is 1.26 bits per heavy atom. The van der Waals surface area contributed by atoms with E-state index < -0.39 is 16.0 Å². The second-order valence-corrected chi connectivity index (χ2v) is 8.00. The second kappa shape index (κ2) is 7.42.